The molecule has 0 saturated carbocycles. The van der Waals surface area contributed by atoms with Crippen LogP contribution in [0.1, 0.15) is 58.0 Å². The number of ether oxygens (including phenoxy) is 1. The van der Waals surface area contributed by atoms with Crippen LogP contribution in [0.5, 0.6) is 0 Å². The van der Waals surface area contributed by atoms with E-state index < -0.39 is 5.60 Å². The number of aryl methyl sites for hydroxylation is 2. The van der Waals surface area contributed by atoms with E-state index in [-0.39, 0.29) is 36.1 Å². The van der Waals surface area contributed by atoms with E-state index in [1.165, 1.54) is 11.3 Å². The summed E-state index contributed by atoms with van der Waals surface area (Å²) in [6, 6.07) is 0.195. The molecule has 0 radical (unpaired) electrons. The Morgan fingerprint density at radius 2 is 1.93 bits per heavy atom. The van der Waals surface area contributed by atoms with E-state index in [2.05, 4.69) is 41.5 Å². The zero-order valence-corrected chi connectivity index (χ0v) is 22.5. The van der Waals surface area contributed by atoms with Gasteiger partial charge < -0.3 is 20.3 Å². The minimum absolute atomic E-state index is 0. The second-order valence-electron chi connectivity index (χ2n) is 8.49. The quantitative estimate of drug-likeness (QED) is 0.303. The molecule has 0 aromatic carbocycles. The fourth-order valence-corrected chi connectivity index (χ4v) is 3.10. The van der Waals surface area contributed by atoms with Gasteiger partial charge in [-0.3, -0.25) is 9.67 Å². The zero-order chi connectivity index (χ0) is 22.2. The van der Waals surface area contributed by atoms with Crippen LogP contribution in [0.3, 0.4) is 0 Å². The van der Waals surface area contributed by atoms with Crippen LogP contribution in [0, 0.1) is 13.8 Å². The number of aliphatic imine (C=N–C) groups is 1. The van der Waals surface area contributed by atoms with Gasteiger partial charge in [-0.25, -0.2) is 4.79 Å². The van der Waals surface area contributed by atoms with Crippen molar-refractivity contribution in [1.82, 2.24) is 25.3 Å². The van der Waals surface area contributed by atoms with Crippen molar-refractivity contribution >= 4 is 36.0 Å². The molecule has 0 fully saturated rings. The van der Waals surface area contributed by atoms with Crippen molar-refractivity contribution in [1.29, 1.82) is 0 Å². The van der Waals surface area contributed by atoms with E-state index in [0.717, 1.165) is 24.5 Å². The van der Waals surface area contributed by atoms with Crippen molar-refractivity contribution < 1.29 is 9.53 Å². The molecule has 0 saturated heterocycles. The van der Waals surface area contributed by atoms with E-state index in [9.17, 15) is 4.79 Å². The summed E-state index contributed by atoms with van der Waals surface area (Å²) in [4.78, 5) is 18.4. The Kier molecular flexibility index (Phi) is 12.4. The van der Waals surface area contributed by atoms with Crippen LogP contribution in [0.15, 0.2) is 4.99 Å². The monoisotopic (exact) mass is 536 g/mol. The Morgan fingerprint density at radius 3 is 2.40 bits per heavy atom. The molecule has 2 N–H and O–H groups in total. The minimum atomic E-state index is -0.494. The van der Waals surface area contributed by atoms with Gasteiger partial charge in [0.1, 0.15) is 5.60 Å². The first-order valence-electron chi connectivity index (χ1n) is 10.4. The van der Waals surface area contributed by atoms with Crippen LogP contribution in [-0.4, -0.2) is 65.1 Å². The Morgan fingerprint density at radius 1 is 1.30 bits per heavy atom. The molecule has 0 aliphatic heterocycles. The van der Waals surface area contributed by atoms with Gasteiger partial charge in [0.25, 0.3) is 0 Å². The number of carbonyl (C=O) groups excluding carboxylic acids is 1. The lowest BCUT2D eigenvalue weighted by Crippen LogP contribution is -2.47. The summed E-state index contributed by atoms with van der Waals surface area (Å²) in [7, 11) is 3.72. The van der Waals surface area contributed by atoms with Crippen molar-refractivity contribution in [2.45, 2.75) is 73.0 Å². The maximum atomic E-state index is 12.4. The van der Waals surface area contributed by atoms with Gasteiger partial charge in [-0.1, -0.05) is 6.92 Å². The third-order valence-corrected chi connectivity index (χ3v) is 4.60. The molecule has 30 heavy (non-hydrogen) atoms. The normalized spacial score (nSPS) is 12.8. The van der Waals surface area contributed by atoms with Crippen LogP contribution in [-0.2, 0) is 18.2 Å². The van der Waals surface area contributed by atoms with Gasteiger partial charge in [0, 0.05) is 45.5 Å². The topological polar surface area (TPSA) is 83.8 Å². The molecule has 1 heterocycles. The number of nitrogens with zero attached hydrogens (tertiary/aromatic N) is 4. The smallest absolute Gasteiger partial charge is 0.410 e. The van der Waals surface area contributed by atoms with Gasteiger partial charge in [0.05, 0.1) is 5.69 Å². The molecule has 1 rings (SSSR count). The van der Waals surface area contributed by atoms with Gasteiger partial charge in [-0.15, -0.1) is 24.0 Å². The van der Waals surface area contributed by atoms with E-state index >= 15 is 0 Å². The lowest BCUT2D eigenvalue weighted by atomic mass is 10.1. The van der Waals surface area contributed by atoms with Crippen LogP contribution in [0.2, 0.25) is 0 Å². The average Bonchev–Trinajstić information content (AvgIpc) is 2.84. The van der Waals surface area contributed by atoms with Crippen molar-refractivity contribution in [2.75, 3.05) is 26.7 Å². The summed E-state index contributed by atoms with van der Waals surface area (Å²) >= 11 is 0. The standard InChI is InChI=1S/C21H40N6O2.HI/c1-10-12-27(20(28)29-21(5,6)7)13-11-23-19(22-8)24-15(2)14-18-16(3)25-26(9)17(18)4;/h15H,10-14H2,1-9H3,(H2,22,23,24);1H. The van der Waals surface area contributed by atoms with Gasteiger partial charge in [0.2, 0.25) is 0 Å². The molecule has 9 heteroatoms. The minimum Gasteiger partial charge on any atom is -0.444 e. The van der Waals surface area contributed by atoms with Crippen molar-refractivity contribution in [3.63, 3.8) is 0 Å². The summed E-state index contributed by atoms with van der Waals surface area (Å²) in [5, 5.41) is 11.2. The molecule has 1 aromatic heterocycles. The number of nitrogens with one attached hydrogen (secondary N) is 2. The number of amides is 1. The van der Waals surface area contributed by atoms with Crippen molar-refractivity contribution in [3.05, 3.63) is 17.0 Å². The van der Waals surface area contributed by atoms with E-state index in [4.69, 9.17) is 4.74 Å². The lowest BCUT2D eigenvalue weighted by molar-refractivity contribution is 0.0253. The number of hydrogen-bond donors (Lipinski definition) is 2. The third kappa shape index (κ3) is 9.53. The maximum Gasteiger partial charge on any atom is 0.410 e. The predicted molar refractivity (Wildman–Crippen MR) is 134 cm³/mol. The maximum absolute atomic E-state index is 12.4. The Hall–Kier alpha value is -1.52. The summed E-state index contributed by atoms with van der Waals surface area (Å²) in [6.07, 6.45) is 1.47. The Bertz CT molecular complexity index is 696. The highest BCUT2D eigenvalue weighted by Gasteiger charge is 2.21. The summed E-state index contributed by atoms with van der Waals surface area (Å²) in [5.74, 6) is 0.720. The molecule has 0 aliphatic rings. The Labute approximate surface area is 199 Å². The Balaban J connectivity index is 0.00000841. The molecule has 1 atom stereocenters. The van der Waals surface area contributed by atoms with Gasteiger partial charge >= 0.3 is 6.09 Å². The number of guanidine groups is 1. The molecule has 1 aromatic rings. The molecule has 8 nitrogen and oxygen atoms in total. The number of carbonyl (C=O) groups is 1. The largest absolute Gasteiger partial charge is 0.444 e. The van der Waals surface area contributed by atoms with E-state index in [0.29, 0.717) is 19.6 Å². The number of aromatic nitrogens is 2. The highest BCUT2D eigenvalue weighted by molar-refractivity contribution is 14.0. The summed E-state index contributed by atoms with van der Waals surface area (Å²) < 4.78 is 7.42. The zero-order valence-electron chi connectivity index (χ0n) is 20.1. The van der Waals surface area contributed by atoms with Gasteiger partial charge in [-0.2, -0.15) is 5.10 Å². The molecular weight excluding hydrogens is 495 g/mol. The van der Waals surface area contributed by atoms with Crippen LogP contribution >= 0.6 is 24.0 Å². The molecule has 174 valence electrons. The van der Waals surface area contributed by atoms with E-state index in [1.807, 2.05) is 39.4 Å². The highest BCUT2D eigenvalue weighted by Crippen LogP contribution is 2.14. The molecular formula is C21H41IN6O2. The fourth-order valence-electron chi connectivity index (χ4n) is 3.10. The second-order valence-corrected chi connectivity index (χ2v) is 8.49. The van der Waals surface area contributed by atoms with E-state index in [1.54, 1.807) is 11.9 Å². The second kappa shape index (κ2) is 13.0. The first-order valence-corrected chi connectivity index (χ1v) is 10.4. The van der Waals surface area contributed by atoms with Gasteiger partial charge in [-0.05, 0) is 59.9 Å². The SMILES string of the molecule is CCCN(CCNC(=NC)NC(C)Cc1c(C)nn(C)c1C)C(=O)OC(C)(C)C.I. The molecule has 1 unspecified atom stereocenters. The molecule has 0 aliphatic carbocycles. The average molecular weight is 537 g/mol. The third-order valence-electron chi connectivity index (χ3n) is 4.60. The number of hydrogen-bond acceptors (Lipinski definition) is 4. The summed E-state index contributed by atoms with van der Waals surface area (Å²) in [5.41, 5.74) is 3.02. The number of rotatable bonds is 8. The van der Waals surface area contributed by atoms with Crippen molar-refractivity contribution in [2.24, 2.45) is 12.0 Å². The van der Waals surface area contributed by atoms with Crippen LogP contribution in [0.4, 0.5) is 4.79 Å². The predicted octanol–water partition coefficient (Wildman–Crippen LogP) is 3.40. The number of halogens is 1. The van der Waals surface area contributed by atoms with Crippen LogP contribution < -0.4 is 10.6 Å². The van der Waals surface area contributed by atoms with Gasteiger partial charge in [0.15, 0.2) is 5.96 Å². The highest BCUT2D eigenvalue weighted by atomic mass is 127. The molecule has 0 bridgehead atoms. The first kappa shape index (κ1) is 28.5. The lowest BCUT2D eigenvalue weighted by Gasteiger charge is -2.27. The molecule has 1 amide bonds. The van der Waals surface area contributed by atoms with Crippen LogP contribution in [0.25, 0.3) is 0 Å². The van der Waals surface area contributed by atoms with Crippen molar-refractivity contribution in [3.8, 4) is 0 Å². The first-order chi connectivity index (χ1) is 13.5. The fraction of sp³-hybridized carbons (Fsp3) is 0.762. The summed E-state index contributed by atoms with van der Waals surface area (Å²) in [6.45, 7) is 15.8. The molecule has 0 spiro atoms.